The molecule has 1 unspecified atom stereocenters. The molecule has 1 aliphatic rings. The van der Waals surface area contributed by atoms with Gasteiger partial charge in [0.2, 0.25) is 5.13 Å². The molecule has 3 aromatic carbocycles. The molecule has 0 radical (unpaired) electrons. The first kappa shape index (κ1) is 30.6. The fourth-order valence-corrected chi connectivity index (χ4v) is 6.47. The SMILES string of the molecule is COc1ccc(C(O)=C2C(=O)C(=O)N(c3nnc(SCc4ccc(Cl)cc4)s3)C2c2cccc(OCCC(C)C)c2)cc1. The van der Waals surface area contributed by atoms with Crippen molar-refractivity contribution in [2.75, 3.05) is 18.6 Å². The summed E-state index contributed by atoms with van der Waals surface area (Å²) in [6.07, 6.45) is 0.876. The number of nitrogens with zero attached hydrogens (tertiary/aromatic N) is 3. The normalized spacial score (nSPS) is 16.2. The van der Waals surface area contributed by atoms with Crippen molar-refractivity contribution >= 4 is 57.3 Å². The third kappa shape index (κ3) is 7.04. The van der Waals surface area contributed by atoms with Gasteiger partial charge in [-0.15, -0.1) is 10.2 Å². The molecule has 0 bridgehead atoms. The van der Waals surface area contributed by atoms with Crippen molar-refractivity contribution in [3.05, 3.63) is 100 Å². The van der Waals surface area contributed by atoms with Gasteiger partial charge in [-0.1, -0.05) is 72.8 Å². The summed E-state index contributed by atoms with van der Waals surface area (Å²) in [6, 6.07) is 20.4. The zero-order valence-corrected chi connectivity index (χ0v) is 26.2. The lowest BCUT2D eigenvalue weighted by atomic mass is 9.95. The summed E-state index contributed by atoms with van der Waals surface area (Å²) < 4.78 is 11.8. The number of hydrogen-bond acceptors (Lipinski definition) is 9. The van der Waals surface area contributed by atoms with Crippen LogP contribution in [0.3, 0.4) is 0 Å². The number of hydrogen-bond donors (Lipinski definition) is 1. The number of carbonyl (C=O) groups is 2. The molecule has 43 heavy (non-hydrogen) atoms. The van der Waals surface area contributed by atoms with Crippen molar-refractivity contribution in [2.45, 2.75) is 36.4 Å². The third-order valence-electron chi connectivity index (χ3n) is 6.82. The van der Waals surface area contributed by atoms with Gasteiger partial charge < -0.3 is 14.6 Å². The van der Waals surface area contributed by atoms with E-state index in [9.17, 15) is 14.7 Å². The summed E-state index contributed by atoms with van der Waals surface area (Å²) in [6.45, 7) is 4.77. The Kier molecular flexibility index (Phi) is 9.69. The molecule has 11 heteroatoms. The van der Waals surface area contributed by atoms with Crippen molar-refractivity contribution in [2.24, 2.45) is 5.92 Å². The molecule has 1 saturated heterocycles. The zero-order chi connectivity index (χ0) is 30.5. The van der Waals surface area contributed by atoms with Gasteiger partial charge in [0, 0.05) is 16.3 Å². The number of amides is 1. The summed E-state index contributed by atoms with van der Waals surface area (Å²) >= 11 is 8.67. The predicted molar refractivity (Wildman–Crippen MR) is 170 cm³/mol. The molecule has 8 nitrogen and oxygen atoms in total. The number of aromatic nitrogens is 2. The van der Waals surface area contributed by atoms with Gasteiger partial charge in [-0.2, -0.15) is 0 Å². The quantitative estimate of drug-likeness (QED) is 0.0593. The van der Waals surface area contributed by atoms with Crippen molar-refractivity contribution in [3.63, 3.8) is 0 Å². The monoisotopic (exact) mass is 635 g/mol. The molecular formula is C32H30ClN3O5S2. The van der Waals surface area contributed by atoms with Crippen LogP contribution >= 0.6 is 34.7 Å². The highest BCUT2D eigenvalue weighted by molar-refractivity contribution is 8.00. The average Bonchev–Trinajstić information content (AvgIpc) is 3.58. The minimum absolute atomic E-state index is 0.0416. The van der Waals surface area contributed by atoms with Gasteiger partial charge in [-0.25, -0.2) is 0 Å². The Labute approximate surface area is 263 Å². The first-order valence-corrected chi connectivity index (χ1v) is 15.8. The van der Waals surface area contributed by atoms with Crippen LogP contribution in [0.5, 0.6) is 11.5 Å². The Balaban J connectivity index is 1.52. The highest BCUT2D eigenvalue weighted by Gasteiger charge is 2.48. The summed E-state index contributed by atoms with van der Waals surface area (Å²) in [4.78, 5) is 28.5. The Bertz CT molecular complexity index is 1640. The van der Waals surface area contributed by atoms with Gasteiger partial charge in [0.05, 0.1) is 25.3 Å². The number of methoxy groups -OCH3 is 1. The molecule has 1 fully saturated rings. The Morgan fingerprint density at radius 1 is 1.05 bits per heavy atom. The zero-order valence-electron chi connectivity index (χ0n) is 23.8. The molecule has 2 heterocycles. The van der Waals surface area contributed by atoms with Crippen LogP contribution in [0.15, 0.2) is 82.7 Å². The van der Waals surface area contributed by atoms with E-state index in [-0.39, 0.29) is 16.5 Å². The maximum Gasteiger partial charge on any atom is 0.301 e. The van der Waals surface area contributed by atoms with E-state index in [0.29, 0.717) is 50.3 Å². The number of rotatable bonds is 11. The Hall–Kier alpha value is -3.86. The second-order valence-corrected chi connectivity index (χ2v) is 12.9. The summed E-state index contributed by atoms with van der Waals surface area (Å²) in [5, 5.41) is 20.9. The maximum absolute atomic E-state index is 13.6. The second-order valence-electron chi connectivity index (χ2n) is 10.3. The average molecular weight is 636 g/mol. The van der Waals surface area contributed by atoms with Crippen LogP contribution in [0.4, 0.5) is 5.13 Å². The molecule has 0 spiro atoms. The molecule has 1 aromatic heterocycles. The van der Waals surface area contributed by atoms with Crippen LogP contribution in [0.1, 0.15) is 43.0 Å². The van der Waals surface area contributed by atoms with Crippen LogP contribution in [-0.2, 0) is 15.3 Å². The minimum atomic E-state index is -0.946. The van der Waals surface area contributed by atoms with E-state index in [1.165, 1.54) is 28.0 Å². The van der Waals surface area contributed by atoms with Crippen LogP contribution in [0, 0.1) is 5.92 Å². The van der Waals surface area contributed by atoms with Crippen molar-refractivity contribution in [1.29, 1.82) is 0 Å². The predicted octanol–water partition coefficient (Wildman–Crippen LogP) is 7.54. The first-order chi connectivity index (χ1) is 20.7. The molecule has 0 aliphatic carbocycles. The number of carbonyl (C=O) groups excluding carboxylic acids is 2. The van der Waals surface area contributed by atoms with Gasteiger partial charge in [0.15, 0.2) is 4.34 Å². The molecule has 0 saturated carbocycles. The highest BCUT2D eigenvalue weighted by atomic mass is 35.5. The van der Waals surface area contributed by atoms with E-state index < -0.39 is 17.7 Å². The van der Waals surface area contributed by atoms with Gasteiger partial charge in [-0.05, 0) is 72.0 Å². The van der Waals surface area contributed by atoms with E-state index in [1.807, 2.05) is 30.3 Å². The number of ketones is 1. The van der Waals surface area contributed by atoms with E-state index in [4.69, 9.17) is 21.1 Å². The minimum Gasteiger partial charge on any atom is -0.507 e. The third-order valence-corrected chi connectivity index (χ3v) is 9.20. The Morgan fingerprint density at radius 3 is 2.49 bits per heavy atom. The lowest BCUT2D eigenvalue weighted by Gasteiger charge is -2.23. The van der Waals surface area contributed by atoms with Gasteiger partial charge in [0.25, 0.3) is 5.78 Å². The molecule has 5 rings (SSSR count). The number of aliphatic hydroxyl groups excluding tert-OH is 1. The topological polar surface area (TPSA) is 102 Å². The number of halogens is 1. The summed E-state index contributed by atoms with van der Waals surface area (Å²) in [5.41, 5.74) is 1.99. The summed E-state index contributed by atoms with van der Waals surface area (Å²) in [7, 11) is 1.54. The number of Topliss-reactive ketones (excluding diaryl/α,β-unsaturated/α-hetero) is 1. The molecule has 1 aliphatic heterocycles. The standard InChI is InChI=1S/C32H30ClN3O5S2/c1-19(2)15-16-41-25-6-4-5-22(17-25)27-26(28(37)21-9-13-24(40-3)14-10-21)29(38)30(39)36(27)31-34-35-32(43-31)42-18-20-7-11-23(33)12-8-20/h4-14,17,19,27,37H,15-16,18H2,1-3H3. The number of aliphatic hydroxyl groups is 1. The molecule has 4 aromatic rings. The highest BCUT2D eigenvalue weighted by Crippen LogP contribution is 2.44. The van der Waals surface area contributed by atoms with Crippen LogP contribution < -0.4 is 14.4 Å². The van der Waals surface area contributed by atoms with Gasteiger partial charge in [0.1, 0.15) is 17.3 Å². The van der Waals surface area contributed by atoms with Crippen molar-refractivity contribution in [1.82, 2.24) is 10.2 Å². The van der Waals surface area contributed by atoms with Crippen LogP contribution in [0.2, 0.25) is 5.02 Å². The van der Waals surface area contributed by atoms with Crippen molar-refractivity contribution < 1.29 is 24.2 Å². The van der Waals surface area contributed by atoms with E-state index >= 15 is 0 Å². The smallest absolute Gasteiger partial charge is 0.301 e. The van der Waals surface area contributed by atoms with E-state index in [2.05, 4.69) is 24.0 Å². The fraction of sp³-hybridized carbons (Fsp3) is 0.250. The molecule has 1 atom stereocenters. The maximum atomic E-state index is 13.6. The number of ether oxygens (including phenoxy) is 2. The molecule has 1 N–H and O–H groups in total. The van der Waals surface area contributed by atoms with Crippen molar-refractivity contribution in [3.8, 4) is 11.5 Å². The summed E-state index contributed by atoms with van der Waals surface area (Å²) in [5.74, 6) is 0.403. The van der Waals surface area contributed by atoms with Crippen LogP contribution in [-0.4, -0.2) is 40.7 Å². The fourth-order valence-electron chi connectivity index (χ4n) is 4.52. The van der Waals surface area contributed by atoms with Crippen LogP contribution in [0.25, 0.3) is 5.76 Å². The Morgan fingerprint density at radius 2 is 1.79 bits per heavy atom. The second kappa shape index (κ2) is 13.6. The number of benzene rings is 3. The van der Waals surface area contributed by atoms with E-state index in [1.54, 1.807) is 49.6 Å². The first-order valence-electron chi connectivity index (χ1n) is 13.6. The lowest BCUT2D eigenvalue weighted by molar-refractivity contribution is -0.132. The van der Waals surface area contributed by atoms with Gasteiger partial charge in [-0.3, -0.25) is 14.5 Å². The molecule has 222 valence electrons. The largest absolute Gasteiger partial charge is 0.507 e. The number of anilines is 1. The van der Waals surface area contributed by atoms with E-state index in [0.717, 1.165) is 12.0 Å². The lowest BCUT2D eigenvalue weighted by Crippen LogP contribution is -2.29. The van der Waals surface area contributed by atoms with Gasteiger partial charge >= 0.3 is 5.91 Å². The molecular weight excluding hydrogens is 606 g/mol. The number of thioether (sulfide) groups is 1. The molecule has 1 amide bonds.